The number of H-pyrrole nitrogens is 2. The van der Waals surface area contributed by atoms with E-state index in [0.717, 1.165) is 70.6 Å². The van der Waals surface area contributed by atoms with Crippen LogP contribution >= 0.6 is 11.3 Å². The third kappa shape index (κ3) is 7.30. The molecule has 6 aliphatic rings. The third-order valence-electron chi connectivity index (χ3n) is 16.0. The fourth-order valence-electron chi connectivity index (χ4n) is 11.8. The van der Waals surface area contributed by atoms with Gasteiger partial charge in [0.05, 0.1) is 70.7 Å². The number of aromatic amines is 2. The highest BCUT2D eigenvalue weighted by atomic mass is 32.1. The number of nitrogens with zero attached hydrogens (tertiary/aromatic N) is 6. The van der Waals surface area contributed by atoms with Crippen LogP contribution in [0.3, 0.4) is 0 Å². The van der Waals surface area contributed by atoms with Crippen molar-refractivity contribution < 1.29 is 37.8 Å². The Hall–Kier alpha value is -6.76. The molecule has 4 aromatic heterocycles. The van der Waals surface area contributed by atoms with E-state index in [1.54, 1.807) is 23.7 Å². The first-order valence-electron chi connectivity index (χ1n) is 24.7. The normalized spacial score (nSPS) is 25.5. The molecule has 0 bridgehead atoms. The molecule has 3 aliphatic heterocycles. The maximum absolute atomic E-state index is 17.0. The van der Waals surface area contributed by atoms with Crippen molar-refractivity contribution in [2.24, 2.45) is 23.2 Å². The van der Waals surface area contributed by atoms with Crippen molar-refractivity contribution >= 4 is 46.2 Å². The van der Waals surface area contributed by atoms with Crippen LogP contribution in [0.25, 0.3) is 44.7 Å². The summed E-state index contributed by atoms with van der Waals surface area (Å²) in [4.78, 5) is 78.9. The molecular weight excluding hydrogens is 928 g/mol. The van der Waals surface area contributed by atoms with Crippen LogP contribution in [0.4, 0.5) is 14.0 Å². The van der Waals surface area contributed by atoms with Gasteiger partial charge >= 0.3 is 12.2 Å². The van der Waals surface area contributed by atoms with Crippen molar-refractivity contribution in [1.29, 1.82) is 0 Å². The number of carbonyl (C=O) groups is 4. The Morgan fingerprint density at radius 1 is 0.845 bits per heavy atom. The SMILES string of the molecule is COC(=O)N[C@H](C(=O)N1C2CC2(C)C[C@H]1c1ncc(-c2ccc3c(c2)cc2n3C(c3cnc(C4CC4)s3)Oc3cc(-c4cnc([C@@]56C[C@@H]5CCN6C(=O)[C@@H](NC(=O)OC)C(C)C)[nH]4)cc(F)c3-2)[nH]1)C(C)C. The maximum atomic E-state index is 17.0. The molecule has 3 unspecified atom stereocenters. The lowest BCUT2D eigenvalue weighted by atomic mass is 10.00. The van der Waals surface area contributed by atoms with Crippen LogP contribution in [-0.4, -0.2) is 102 Å². The predicted molar refractivity (Wildman–Crippen MR) is 261 cm³/mol. The zero-order valence-electron chi connectivity index (χ0n) is 40.7. The van der Waals surface area contributed by atoms with Crippen LogP contribution in [0, 0.1) is 29.0 Å². The van der Waals surface area contributed by atoms with Crippen LogP contribution in [0.1, 0.15) is 113 Å². The summed E-state index contributed by atoms with van der Waals surface area (Å²) in [6, 6.07) is 9.72. The van der Waals surface area contributed by atoms with E-state index >= 15 is 4.39 Å². The Labute approximate surface area is 413 Å². The van der Waals surface area contributed by atoms with Crippen molar-refractivity contribution in [2.45, 2.75) is 115 Å². The van der Waals surface area contributed by atoms with Gasteiger partial charge in [0.1, 0.15) is 40.8 Å². The minimum absolute atomic E-state index is 0.0303. The summed E-state index contributed by atoms with van der Waals surface area (Å²) in [5.41, 5.74) is 3.97. The highest BCUT2D eigenvalue weighted by Gasteiger charge is 2.67. The molecule has 0 radical (unpaired) electrons. The number of hydrogen-bond acceptors (Lipinski definition) is 11. The second-order valence-electron chi connectivity index (χ2n) is 21.3. The number of alkyl carbamates (subject to hydrolysis) is 2. The smallest absolute Gasteiger partial charge is 0.407 e. The van der Waals surface area contributed by atoms with Crippen molar-refractivity contribution in [2.75, 3.05) is 20.8 Å². The van der Waals surface area contributed by atoms with E-state index in [4.69, 9.17) is 29.2 Å². The summed E-state index contributed by atoms with van der Waals surface area (Å²) in [6.45, 7) is 10.3. The number of nitrogens with one attached hydrogen (secondary N) is 4. The summed E-state index contributed by atoms with van der Waals surface area (Å²) in [5.74, 6) is 1.22. The number of hydrogen-bond donors (Lipinski definition) is 4. The fourth-order valence-corrected chi connectivity index (χ4v) is 12.9. The van der Waals surface area contributed by atoms with E-state index in [1.807, 2.05) is 68.0 Å². The lowest BCUT2D eigenvalue weighted by Crippen LogP contribution is -2.53. The van der Waals surface area contributed by atoms with Gasteiger partial charge in [-0.25, -0.2) is 28.9 Å². The predicted octanol–water partition coefficient (Wildman–Crippen LogP) is 8.76. The zero-order valence-corrected chi connectivity index (χ0v) is 41.5. The van der Waals surface area contributed by atoms with Crippen molar-refractivity contribution in [3.05, 3.63) is 82.3 Å². The number of carbonyl (C=O) groups excluding carboxylic acids is 4. The topological polar surface area (TPSA) is 202 Å². The molecular formula is C52H57FN10O7S. The van der Waals surface area contributed by atoms with Gasteiger partial charge in [0, 0.05) is 41.2 Å². The second kappa shape index (κ2) is 16.4. The Morgan fingerprint density at radius 2 is 1.56 bits per heavy atom. The summed E-state index contributed by atoms with van der Waals surface area (Å²) >= 11 is 1.63. The van der Waals surface area contributed by atoms with Crippen LogP contribution in [-0.2, 0) is 24.6 Å². The number of likely N-dealkylation sites (tertiary alicyclic amines) is 2. The van der Waals surface area contributed by atoms with Gasteiger partial charge in [0.2, 0.25) is 18.0 Å². The van der Waals surface area contributed by atoms with Crippen LogP contribution < -0.4 is 15.4 Å². The molecule has 2 saturated heterocycles. The molecule has 370 valence electrons. The van der Waals surface area contributed by atoms with Crippen LogP contribution in [0.5, 0.6) is 5.75 Å². The second-order valence-corrected chi connectivity index (χ2v) is 22.4. The molecule has 5 fully saturated rings. The van der Waals surface area contributed by atoms with Gasteiger partial charge in [-0.15, -0.1) is 11.3 Å². The Morgan fingerprint density at radius 3 is 2.27 bits per heavy atom. The zero-order chi connectivity index (χ0) is 49.4. The molecule has 3 saturated carbocycles. The first kappa shape index (κ1) is 45.4. The number of amides is 4. The number of fused-ring (bicyclic) bond motifs is 7. The number of methoxy groups -OCH3 is 2. The molecule has 6 aromatic rings. The quantitative estimate of drug-likeness (QED) is 0.0919. The number of aromatic nitrogens is 6. The number of piperidine rings is 2. The first-order chi connectivity index (χ1) is 34.1. The molecule has 7 heterocycles. The van der Waals surface area contributed by atoms with Crippen molar-refractivity contribution in [3.63, 3.8) is 0 Å². The summed E-state index contributed by atoms with van der Waals surface area (Å²) < 4.78 is 35.7. The molecule has 3 aliphatic carbocycles. The van der Waals surface area contributed by atoms with Crippen molar-refractivity contribution in [1.82, 2.24) is 49.9 Å². The van der Waals surface area contributed by atoms with Gasteiger partial charge < -0.3 is 44.6 Å². The van der Waals surface area contributed by atoms with E-state index in [1.165, 1.54) is 20.3 Å². The van der Waals surface area contributed by atoms with Gasteiger partial charge in [-0.1, -0.05) is 40.7 Å². The lowest BCUT2D eigenvalue weighted by molar-refractivity contribution is -0.137. The van der Waals surface area contributed by atoms with Gasteiger partial charge in [-0.05, 0) is 92.0 Å². The number of halogens is 1. The molecule has 17 nitrogen and oxygen atoms in total. The van der Waals surface area contributed by atoms with E-state index < -0.39 is 41.9 Å². The van der Waals surface area contributed by atoms with Gasteiger partial charge in [0.15, 0.2) is 0 Å². The fraction of sp³-hybridized carbons (Fsp3) is 0.481. The van der Waals surface area contributed by atoms with Gasteiger partial charge in [-0.3, -0.25) is 14.2 Å². The number of ether oxygens (including phenoxy) is 3. The summed E-state index contributed by atoms with van der Waals surface area (Å²) in [5, 5.41) is 7.43. The standard InChI is InChI=1S/C52H57FN10O7S/c1-24(2)41(59-49(66)68-6)45(64)61-13-12-30-18-52(30,61)48-56-22-33(58-48)28-15-31(53)40-35-16-29-14-27(10-11-34(29)62(35)47(70-37(40)17-28)38-23-55-44(71-38)26-8-9-26)32-21-54-43(57-32)36-19-51(5)20-39(51)63(36)46(65)42(25(3)4)60-50(67)69-7/h10-11,14-17,21-26,30,36,39,41-42,47H,8-9,12-13,18-20H2,1-7H3,(H,54,57)(H,56,58)(H,59,66)(H,60,67)/t30-,36-,39?,41-,42-,47?,51?,52+/m0/s1. The molecule has 4 amide bonds. The highest BCUT2D eigenvalue weighted by Crippen LogP contribution is 2.64. The minimum Gasteiger partial charge on any atom is -0.464 e. The molecule has 19 heteroatoms. The number of imidazole rings is 2. The van der Waals surface area contributed by atoms with Crippen molar-refractivity contribution in [3.8, 4) is 39.5 Å². The average Bonchev–Trinajstić information content (AvgIpc) is 4.06. The molecule has 4 N–H and O–H groups in total. The molecule has 71 heavy (non-hydrogen) atoms. The molecule has 12 rings (SSSR count). The van der Waals surface area contributed by atoms with Crippen LogP contribution in [0.2, 0.25) is 0 Å². The molecule has 2 aromatic carbocycles. The minimum atomic E-state index is -0.768. The average molecular weight is 985 g/mol. The number of thiazole rings is 1. The van der Waals surface area contributed by atoms with Crippen LogP contribution in [0.15, 0.2) is 55.0 Å². The lowest BCUT2D eigenvalue weighted by Gasteiger charge is -2.32. The molecule has 8 atom stereocenters. The number of benzene rings is 2. The monoisotopic (exact) mass is 984 g/mol. The number of rotatable bonds is 12. The van der Waals surface area contributed by atoms with E-state index in [0.29, 0.717) is 52.4 Å². The molecule has 0 spiro atoms. The summed E-state index contributed by atoms with van der Waals surface area (Å²) in [6.07, 6.45) is 8.83. The van der Waals surface area contributed by atoms with Gasteiger partial charge in [0.25, 0.3) is 0 Å². The Bertz CT molecular complexity index is 3170. The third-order valence-corrected chi connectivity index (χ3v) is 17.2. The van der Waals surface area contributed by atoms with E-state index in [2.05, 4.69) is 38.2 Å². The maximum Gasteiger partial charge on any atom is 0.407 e. The first-order valence-corrected chi connectivity index (χ1v) is 25.5. The summed E-state index contributed by atoms with van der Waals surface area (Å²) in [7, 11) is 2.57. The van der Waals surface area contributed by atoms with E-state index in [9.17, 15) is 19.2 Å². The van der Waals surface area contributed by atoms with E-state index in [-0.39, 0.29) is 47.1 Å². The largest absolute Gasteiger partial charge is 0.464 e. The highest BCUT2D eigenvalue weighted by molar-refractivity contribution is 7.11. The Balaban J connectivity index is 0.870. The Kier molecular flexibility index (Phi) is 10.5. The van der Waals surface area contributed by atoms with Gasteiger partial charge in [-0.2, -0.15) is 0 Å².